The summed E-state index contributed by atoms with van der Waals surface area (Å²) in [5, 5.41) is 2.90. The highest BCUT2D eigenvalue weighted by molar-refractivity contribution is 5.94. The molecule has 5 heteroatoms. The van der Waals surface area contributed by atoms with Crippen LogP contribution in [0.5, 0.6) is 0 Å². The minimum atomic E-state index is -0.339. The van der Waals surface area contributed by atoms with E-state index in [2.05, 4.69) is 34.5 Å². The number of aryl methyl sites for hydroxylation is 1. The molecule has 0 fully saturated rings. The zero-order valence-electron chi connectivity index (χ0n) is 15.9. The second-order valence-electron chi connectivity index (χ2n) is 6.93. The van der Waals surface area contributed by atoms with E-state index in [-0.39, 0.29) is 17.9 Å². The van der Waals surface area contributed by atoms with E-state index in [0.29, 0.717) is 24.4 Å². The molecule has 1 amide bonds. The van der Waals surface area contributed by atoms with Crippen LogP contribution < -0.4 is 5.32 Å². The van der Waals surface area contributed by atoms with E-state index in [0.717, 1.165) is 19.3 Å². The van der Waals surface area contributed by atoms with Crippen LogP contribution in [0.3, 0.4) is 0 Å². The molecule has 0 heterocycles. The van der Waals surface area contributed by atoms with Crippen LogP contribution in [0.15, 0.2) is 48.5 Å². The Bertz CT molecular complexity index is 801. The highest BCUT2D eigenvalue weighted by atomic mass is 16.5. The van der Waals surface area contributed by atoms with Gasteiger partial charge in [-0.2, -0.15) is 0 Å². The van der Waals surface area contributed by atoms with E-state index in [4.69, 9.17) is 4.74 Å². The molecule has 0 bridgehead atoms. The van der Waals surface area contributed by atoms with Gasteiger partial charge in [-0.3, -0.25) is 9.69 Å². The topological polar surface area (TPSA) is 58.6 Å². The number of hydrogen-bond donors (Lipinski definition) is 1. The number of fused-ring (bicyclic) bond motifs is 1. The number of anilines is 1. The first kappa shape index (κ1) is 19.1. The third-order valence-corrected chi connectivity index (χ3v) is 4.87. The third kappa shape index (κ3) is 4.74. The van der Waals surface area contributed by atoms with E-state index in [1.165, 1.54) is 11.1 Å². The quantitative estimate of drug-likeness (QED) is 0.757. The second-order valence-corrected chi connectivity index (χ2v) is 6.93. The number of nitrogens with zero attached hydrogens (tertiary/aromatic N) is 1. The number of esters is 1. The molecule has 5 nitrogen and oxygen atoms in total. The van der Waals surface area contributed by atoms with Gasteiger partial charge in [0.05, 0.1) is 18.7 Å². The number of benzene rings is 2. The molecule has 0 radical (unpaired) electrons. The molecule has 2 aromatic carbocycles. The fraction of sp³-hybridized carbons (Fsp3) is 0.364. The van der Waals surface area contributed by atoms with Crippen LogP contribution in [-0.2, 0) is 16.0 Å². The summed E-state index contributed by atoms with van der Waals surface area (Å²) < 4.78 is 5.10. The maximum absolute atomic E-state index is 12.4. The van der Waals surface area contributed by atoms with Crippen molar-refractivity contribution in [2.45, 2.75) is 32.2 Å². The highest BCUT2D eigenvalue weighted by Gasteiger charge is 2.26. The lowest BCUT2D eigenvalue weighted by Crippen LogP contribution is -2.32. The zero-order chi connectivity index (χ0) is 19.2. The van der Waals surface area contributed by atoms with E-state index < -0.39 is 0 Å². The predicted molar refractivity (Wildman–Crippen MR) is 106 cm³/mol. The molecule has 0 aromatic heterocycles. The molecule has 1 aliphatic carbocycles. The van der Waals surface area contributed by atoms with Crippen molar-refractivity contribution in [3.8, 4) is 0 Å². The van der Waals surface area contributed by atoms with E-state index in [1.807, 2.05) is 14.0 Å². The summed E-state index contributed by atoms with van der Waals surface area (Å²) in [6.07, 6.45) is 2.89. The van der Waals surface area contributed by atoms with Crippen LogP contribution >= 0.6 is 0 Å². The molecule has 142 valence electrons. The number of amides is 1. The Morgan fingerprint density at radius 2 is 1.89 bits per heavy atom. The van der Waals surface area contributed by atoms with Crippen molar-refractivity contribution < 1.29 is 14.3 Å². The summed E-state index contributed by atoms with van der Waals surface area (Å²) in [7, 11) is 1.99. The van der Waals surface area contributed by atoms with Crippen molar-refractivity contribution in [2.24, 2.45) is 0 Å². The van der Waals surface area contributed by atoms with Crippen LogP contribution in [0.2, 0.25) is 0 Å². The van der Waals surface area contributed by atoms with Gasteiger partial charge >= 0.3 is 5.97 Å². The number of carbonyl (C=O) groups is 2. The fourth-order valence-electron chi connectivity index (χ4n) is 3.50. The molecule has 1 N–H and O–H groups in total. The van der Waals surface area contributed by atoms with Crippen LogP contribution in [-0.4, -0.2) is 37.0 Å². The van der Waals surface area contributed by atoms with Gasteiger partial charge < -0.3 is 10.1 Å². The van der Waals surface area contributed by atoms with Crippen molar-refractivity contribution in [3.63, 3.8) is 0 Å². The van der Waals surface area contributed by atoms with Gasteiger partial charge in [0.1, 0.15) is 0 Å². The normalized spacial score (nSPS) is 15.4. The molecular weight excluding hydrogens is 340 g/mol. The fourth-order valence-corrected chi connectivity index (χ4v) is 3.50. The predicted octanol–water partition coefficient (Wildman–Crippen LogP) is 3.81. The lowest BCUT2D eigenvalue weighted by molar-refractivity contribution is -0.117. The monoisotopic (exact) mass is 366 g/mol. The van der Waals surface area contributed by atoms with Gasteiger partial charge in [0.15, 0.2) is 0 Å². The van der Waals surface area contributed by atoms with Gasteiger partial charge in [0.2, 0.25) is 5.91 Å². The highest BCUT2D eigenvalue weighted by Crippen LogP contribution is 2.34. The van der Waals surface area contributed by atoms with Crippen LogP contribution in [0.25, 0.3) is 0 Å². The van der Waals surface area contributed by atoms with Gasteiger partial charge in [-0.1, -0.05) is 31.2 Å². The molecule has 1 atom stereocenters. The number of likely N-dealkylation sites (N-methyl/N-ethyl adjacent to an activating group) is 1. The van der Waals surface area contributed by atoms with E-state index in [9.17, 15) is 9.59 Å². The summed E-state index contributed by atoms with van der Waals surface area (Å²) in [6, 6.07) is 15.5. The van der Waals surface area contributed by atoms with Crippen LogP contribution in [0.1, 0.15) is 47.3 Å². The SMILES string of the molecule is CCCOC(=O)c1ccc(NC(=O)CN(C)[C@@H]2CCc3ccccc32)cc1. The minimum Gasteiger partial charge on any atom is -0.462 e. The van der Waals surface area contributed by atoms with Gasteiger partial charge in [-0.05, 0) is 61.7 Å². The molecule has 27 heavy (non-hydrogen) atoms. The Hall–Kier alpha value is -2.66. The van der Waals surface area contributed by atoms with E-state index in [1.54, 1.807) is 24.3 Å². The second kappa shape index (κ2) is 8.82. The first-order valence-corrected chi connectivity index (χ1v) is 9.43. The molecular formula is C22H26N2O3. The lowest BCUT2D eigenvalue weighted by Gasteiger charge is -2.24. The first-order chi connectivity index (χ1) is 13.1. The molecule has 0 unspecified atom stereocenters. The Morgan fingerprint density at radius 3 is 2.63 bits per heavy atom. The third-order valence-electron chi connectivity index (χ3n) is 4.87. The number of nitrogens with one attached hydrogen (secondary N) is 1. The van der Waals surface area contributed by atoms with Crippen molar-refractivity contribution in [1.82, 2.24) is 4.90 Å². The molecule has 0 aliphatic heterocycles. The Balaban J connectivity index is 1.54. The summed E-state index contributed by atoms with van der Waals surface area (Å²) in [4.78, 5) is 26.3. The summed E-state index contributed by atoms with van der Waals surface area (Å²) in [5.41, 5.74) is 3.86. The Morgan fingerprint density at radius 1 is 1.15 bits per heavy atom. The Labute approximate surface area is 160 Å². The molecule has 2 aromatic rings. The van der Waals surface area contributed by atoms with Crippen LogP contribution in [0, 0.1) is 0 Å². The van der Waals surface area contributed by atoms with Crippen LogP contribution in [0.4, 0.5) is 5.69 Å². The molecule has 0 saturated carbocycles. The largest absolute Gasteiger partial charge is 0.462 e. The maximum Gasteiger partial charge on any atom is 0.338 e. The van der Waals surface area contributed by atoms with Gasteiger partial charge in [-0.15, -0.1) is 0 Å². The lowest BCUT2D eigenvalue weighted by atomic mass is 10.1. The molecule has 1 aliphatic rings. The first-order valence-electron chi connectivity index (χ1n) is 9.43. The van der Waals surface area contributed by atoms with Crippen molar-refractivity contribution in [3.05, 3.63) is 65.2 Å². The van der Waals surface area contributed by atoms with Gasteiger partial charge in [0, 0.05) is 11.7 Å². The summed E-state index contributed by atoms with van der Waals surface area (Å²) in [5.74, 6) is -0.405. The summed E-state index contributed by atoms with van der Waals surface area (Å²) >= 11 is 0. The number of carbonyl (C=O) groups excluding carboxylic acids is 2. The minimum absolute atomic E-state index is 0.0665. The van der Waals surface area contributed by atoms with Crippen molar-refractivity contribution >= 4 is 17.6 Å². The zero-order valence-corrected chi connectivity index (χ0v) is 15.9. The number of ether oxygens (including phenoxy) is 1. The maximum atomic E-state index is 12.4. The average Bonchev–Trinajstić information content (AvgIpc) is 3.11. The Kier molecular flexibility index (Phi) is 6.24. The molecule has 3 rings (SSSR count). The van der Waals surface area contributed by atoms with Crippen molar-refractivity contribution in [1.29, 1.82) is 0 Å². The smallest absolute Gasteiger partial charge is 0.338 e. The summed E-state index contributed by atoms with van der Waals surface area (Å²) in [6.45, 7) is 2.68. The standard InChI is InChI=1S/C22H26N2O3/c1-3-14-27-22(26)17-8-11-18(12-9-17)23-21(25)15-24(2)20-13-10-16-6-4-5-7-19(16)20/h4-9,11-12,20H,3,10,13-15H2,1-2H3,(H,23,25)/t20-/m1/s1. The molecule has 0 spiro atoms. The molecule has 0 saturated heterocycles. The van der Waals surface area contributed by atoms with Crippen molar-refractivity contribution in [2.75, 3.05) is 25.5 Å². The van der Waals surface area contributed by atoms with Gasteiger partial charge in [0.25, 0.3) is 0 Å². The van der Waals surface area contributed by atoms with E-state index >= 15 is 0 Å². The number of hydrogen-bond acceptors (Lipinski definition) is 4. The number of rotatable bonds is 7. The van der Waals surface area contributed by atoms with Gasteiger partial charge in [-0.25, -0.2) is 4.79 Å². The average molecular weight is 366 g/mol.